The first kappa shape index (κ1) is 20.8. The Morgan fingerprint density at radius 1 is 1.25 bits per heavy atom. The summed E-state index contributed by atoms with van der Waals surface area (Å²) in [5.41, 5.74) is 1.43. The second-order valence-electron chi connectivity index (χ2n) is 6.80. The van der Waals surface area contributed by atoms with Gasteiger partial charge in [0.1, 0.15) is 5.75 Å². The molecule has 0 unspecified atom stereocenters. The molecule has 2 aromatic carbocycles. The number of nitrogens with one attached hydrogen (secondary N) is 1. The summed E-state index contributed by atoms with van der Waals surface area (Å²) in [5, 5.41) is 2.89. The Labute approximate surface area is 174 Å². The van der Waals surface area contributed by atoms with Gasteiger partial charge in [-0.3, -0.25) is 4.79 Å². The molecule has 0 aromatic heterocycles. The van der Waals surface area contributed by atoms with Crippen molar-refractivity contribution in [3.63, 3.8) is 0 Å². The number of nitrogens with zero attached hydrogens (tertiary/aromatic N) is 1. The largest absolute Gasteiger partial charge is 0.496 e. The quantitative estimate of drug-likeness (QED) is 0.726. The second kappa shape index (κ2) is 8.63. The van der Waals surface area contributed by atoms with Gasteiger partial charge in [0.05, 0.1) is 23.6 Å². The van der Waals surface area contributed by atoms with E-state index in [-0.39, 0.29) is 17.3 Å². The van der Waals surface area contributed by atoms with Crippen molar-refractivity contribution in [2.24, 2.45) is 5.92 Å². The fraction of sp³-hybridized carbons (Fsp3) is 0.350. The molecule has 3 rings (SSSR count). The van der Waals surface area contributed by atoms with Crippen LogP contribution in [0.3, 0.4) is 0 Å². The summed E-state index contributed by atoms with van der Waals surface area (Å²) in [7, 11) is -2.12. The lowest BCUT2D eigenvalue weighted by atomic mass is 9.99. The number of para-hydroxylation sites is 1. The van der Waals surface area contributed by atoms with Crippen molar-refractivity contribution in [2.75, 3.05) is 25.5 Å². The highest BCUT2D eigenvalue weighted by atomic mass is 79.9. The maximum atomic E-state index is 13.1. The third kappa shape index (κ3) is 4.39. The predicted molar refractivity (Wildman–Crippen MR) is 112 cm³/mol. The minimum absolute atomic E-state index is 0.169. The number of hydrogen-bond acceptors (Lipinski definition) is 4. The molecule has 1 aliphatic heterocycles. The Hall–Kier alpha value is -1.90. The SMILES string of the molecule is COc1ccc(S(=O)(=O)N2CCC[C@@H](C(=O)Nc3ccccc3Br)C2)cc1C. The van der Waals surface area contributed by atoms with E-state index < -0.39 is 15.9 Å². The molecule has 1 N–H and O–H groups in total. The van der Waals surface area contributed by atoms with Crippen LogP contribution in [0.2, 0.25) is 0 Å². The van der Waals surface area contributed by atoms with Crippen molar-refractivity contribution in [3.8, 4) is 5.75 Å². The number of rotatable bonds is 5. The van der Waals surface area contributed by atoms with Crippen LogP contribution in [0.4, 0.5) is 5.69 Å². The van der Waals surface area contributed by atoms with Gasteiger partial charge in [-0.05, 0) is 71.6 Å². The molecule has 8 heteroatoms. The number of sulfonamides is 1. The molecule has 1 aliphatic rings. The molecule has 28 heavy (non-hydrogen) atoms. The van der Waals surface area contributed by atoms with Crippen LogP contribution in [0.1, 0.15) is 18.4 Å². The zero-order chi connectivity index (χ0) is 20.3. The molecule has 2 aromatic rings. The van der Waals surface area contributed by atoms with Gasteiger partial charge in [0.25, 0.3) is 0 Å². The van der Waals surface area contributed by atoms with E-state index in [1.807, 2.05) is 25.1 Å². The summed E-state index contributed by atoms with van der Waals surface area (Å²) < 4.78 is 33.5. The van der Waals surface area contributed by atoms with Crippen molar-refractivity contribution in [1.29, 1.82) is 0 Å². The second-order valence-corrected chi connectivity index (χ2v) is 9.60. The Balaban J connectivity index is 1.76. The van der Waals surface area contributed by atoms with E-state index in [9.17, 15) is 13.2 Å². The molecular formula is C20H23BrN2O4S. The van der Waals surface area contributed by atoms with Gasteiger partial charge >= 0.3 is 0 Å². The van der Waals surface area contributed by atoms with E-state index in [0.29, 0.717) is 30.8 Å². The van der Waals surface area contributed by atoms with Gasteiger partial charge in [-0.15, -0.1) is 0 Å². The summed E-state index contributed by atoms with van der Waals surface area (Å²) in [6, 6.07) is 12.2. The van der Waals surface area contributed by atoms with E-state index in [2.05, 4.69) is 21.2 Å². The number of halogens is 1. The predicted octanol–water partition coefficient (Wildman–Crippen LogP) is 3.81. The number of anilines is 1. The van der Waals surface area contributed by atoms with Crippen LogP contribution in [0, 0.1) is 12.8 Å². The zero-order valence-electron chi connectivity index (χ0n) is 15.8. The Kier molecular flexibility index (Phi) is 6.42. The van der Waals surface area contributed by atoms with E-state index in [4.69, 9.17) is 4.74 Å². The van der Waals surface area contributed by atoms with Gasteiger partial charge in [-0.25, -0.2) is 8.42 Å². The Morgan fingerprint density at radius 2 is 2.00 bits per heavy atom. The molecule has 6 nitrogen and oxygen atoms in total. The van der Waals surface area contributed by atoms with Crippen molar-refractivity contribution in [1.82, 2.24) is 4.31 Å². The van der Waals surface area contributed by atoms with Crippen LogP contribution in [0.15, 0.2) is 51.8 Å². The van der Waals surface area contributed by atoms with Gasteiger partial charge in [0, 0.05) is 17.6 Å². The van der Waals surface area contributed by atoms with E-state index in [0.717, 1.165) is 10.0 Å². The molecule has 0 saturated carbocycles. The average molecular weight is 467 g/mol. The number of carbonyl (C=O) groups excluding carboxylic acids is 1. The first-order chi connectivity index (χ1) is 13.3. The molecule has 150 valence electrons. The third-order valence-corrected chi connectivity index (χ3v) is 7.44. The normalized spacial score (nSPS) is 17.9. The molecule has 0 radical (unpaired) electrons. The highest BCUT2D eigenvalue weighted by Gasteiger charge is 2.33. The molecular weight excluding hydrogens is 444 g/mol. The fourth-order valence-electron chi connectivity index (χ4n) is 3.33. The lowest BCUT2D eigenvalue weighted by Gasteiger charge is -2.31. The number of amides is 1. The van der Waals surface area contributed by atoms with Crippen LogP contribution in [0.5, 0.6) is 5.75 Å². The number of ether oxygens (including phenoxy) is 1. The summed E-state index contributed by atoms with van der Waals surface area (Å²) in [5.74, 6) is 0.0796. The highest BCUT2D eigenvalue weighted by Crippen LogP contribution is 2.28. The number of hydrogen-bond donors (Lipinski definition) is 1. The minimum Gasteiger partial charge on any atom is -0.496 e. The first-order valence-corrected chi connectivity index (χ1v) is 11.3. The Morgan fingerprint density at radius 3 is 2.68 bits per heavy atom. The van der Waals surface area contributed by atoms with Gasteiger partial charge in [0.15, 0.2) is 0 Å². The van der Waals surface area contributed by atoms with Crippen molar-refractivity contribution in [2.45, 2.75) is 24.7 Å². The lowest BCUT2D eigenvalue weighted by molar-refractivity contribution is -0.120. The number of methoxy groups -OCH3 is 1. The molecule has 0 spiro atoms. The van der Waals surface area contributed by atoms with E-state index in [1.165, 1.54) is 4.31 Å². The average Bonchev–Trinajstić information content (AvgIpc) is 2.69. The number of piperidine rings is 1. The maximum Gasteiger partial charge on any atom is 0.243 e. The van der Waals surface area contributed by atoms with Gasteiger partial charge in [0.2, 0.25) is 15.9 Å². The number of aryl methyl sites for hydroxylation is 1. The van der Waals surface area contributed by atoms with Crippen LogP contribution < -0.4 is 10.1 Å². The smallest absolute Gasteiger partial charge is 0.243 e. The van der Waals surface area contributed by atoms with E-state index >= 15 is 0 Å². The van der Waals surface area contributed by atoms with Crippen LogP contribution in [-0.4, -0.2) is 38.8 Å². The molecule has 1 saturated heterocycles. The summed E-state index contributed by atoms with van der Waals surface area (Å²) >= 11 is 3.41. The number of carbonyl (C=O) groups is 1. The van der Waals surface area contributed by atoms with Crippen LogP contribution in [0.25, 0.3) is 0 Å². The molecule has 1 amide bonds. The fourth-order valence-corrected chi connectivity index (χ4v) is 5.33. The first-order valence-electron chi connectivity index (χ1n) is 9.03. The molecule has 1 atom stereocenters. The minimum atomic E-state index is -3.67. The van der Waals surface area contributed by atoms with Crippen molar-refractivity contribution in [3.05, 3.63) is 52.5 Å². The van der Waals surface area contributed by atoms with Gasteiger partial charge in [-0.1, -0.05) is 12.1 Å². The van der Waals surface area contributed by atoms with Crippen LogP contribution >= 0.6 is 15.9 Å². The monoisotopic (exact) mass is 466 g/mol. The third-order valence-electron chi connectivity index (χ3n) is 4.89. The molecule has 1 fully saturated rings. The van der Waals surface area contributed by atoms with Gasteiger partial charge in [-0.2, -0.15) is 4.31 Å². The molecule has 0 bridgehead atoms. The Bertz CT molecular complexity index is 978. The zero-order valence-corrected chi connectivity index (χ0v) is 18.2. The maximum absolute atomic E-state index is 13.1. The summed E-state index contributed by atoms with van der Waals surface area (Å²) in [6.45, 7) is 2.39. The van der Waals surface area contributed by atoms with Gasteiger partial charge < -0.3 is 10.1 Å². The lowest BCUT2D eigenvalue weighted by Crippen LogP contribution is -2.43. The summed E-state index contributed by atoms with van der Waals surface area (Å²) in [6.07, 6.45) is 1.30. The highest BCUT2D eigenvalue weighted by molar-refractivity contribution is 9.10. The summed E-state index contributed by atoms with van der Waals surface area (Å²) in [4.78, 5) is 12.9. The standard InChI is InChI=1S/C20H23BrN2O4S/c1-14-12-16(9-10-19(14)27-2)28(25,26)23-11-5-6-15(13-23)20(24)22-18-8-4-3-7-17(18)21/h3-4,7-10,12,15H,5-6,11,13H2,1-2H3,(H,22,24)/t15-/m1/s1. The van der Waals surface area contributed by atoms with Crippen molar-refractivity contribution < 1.29 is 17.9 Å². The van der Waals surface area contributed by atoms with E-state index in [1.54, 1.807) is 31.4 Å². The number of benzene rings is 2. The molecule has 0 aliphatic carbocycles. The molecule has 1 heterocycles. The van der Waals surface area contributed by atoms with Crippen LogP contribution in [-0.2, 0) is 14.8 Å². The van der Waals surface area contributed by atoms with Crippen molar-refractivity contribution >= 4 is 37.5 Å². The topological polar surface area (TPSA) is 75.7 Å².